The molecule has 32 heavy (non-hydrogen) atoms. The number of alkyl halides is 3. The van der Waals surface area contributed by atoms with E-state index in [-0.39, 0.29) is 11.8 Å². The molecule has 0 bridgehead atoms. The lowest BCUT2D eigenvalue weighted by Gasteiger charge is -2.24. The molecule has 1 aliphatic heterocycles. The highest BCUT2D eigenvalue weighted by Crippen LogP contribution is 2.20. The molecule has 1 fully saturated rings. The molecular formula is C22H24F3N3O4. The van der Waals surface area contributed by atoms with Crippen molar-refractivity contribution in [3.8, 4) is 0 Å². The van der Waals surface area contributed by atoms with Crippen LogP contribution in [0.3, 0.4) is 0 Å². The summed E-state index contributed by atoms with van der Waals surface area (Å²) in [7, 11) is 0. The highest BCUT2D eigenvalue weighted by molar-refractivity contribution is 5.98. The normalized spacial score (nSPS) is 14.2. The van der Waals surface area contributed by atoms with Gasteiger partial charge in [-0.1, -0.05) is 42.5 Å². The van der Waals surface area contributed by atoms with E-state index in [1.807, 2.05) is 41.3 Å². The SMILES string of the molecule is NCc1cccc(C(=O)N[C@@H](C(=O)N2CCCC2)c2ccccc2)c1.O=C(O)C(F)(F)F. The Morgan fingerprint density at radius 3 is 2.16 bits per heavy atom. The van der Waals surface area contributed by atoms with Gasteiger partial charge in [0.1, 0.15) is 6.04 Å². The van der Waals surface area contributed by atoms with Crippen LogP contribution >= 0.6 is 0 Å². The first kappa shape index (κ1) is 24.9. The summed E-state index contributed by atoms with van der Waals surface area (Å²) in [5.41, 5.74) is 7.84. The van der Waals surface area contributed by atoms with Crippen LogP contribution in [0.4, 0.5) is 13.2 Å². The van der Waals surface area contributed by atoms with E-state index in [0.29, 0.717) is 12.1 Å². The molecule has 1 saturated heterocycles. The summed E-state index contributed by atoms with van der Waals surface area (Å²) in [5.74, 6) is -3.07. The zero-order chi connectivity index (χ0) is 23.7. The zero-order valence-corrected chi connectivity index (χ0v) is 17.1. The van der Waals surface area contributed by atoms with Crippen LogP contribution in [0, 0.1) is 0 Å². The molecule has 2 aromatic carbocycles. The minimum atomic E-state index is -5.08. The molecule has 3 rings (SSSR count). The molecule has 0 spiro atoms. The first-order valence-electron chi connectivity index (χ1n) is 9.87. The van der Waals surface area contributed by atoms with Crippen molar-refractivity contribution in [3.05, 3.63) is 71.3 Å². The Balaban J connectivity index is 0.000000451. The van der Waals surface area contributed by atoms with Crippen molar-refractivity contribution in [2.75, 3.05) is 13.1 Å². The lowest BCUT2D eigenvalue weighted by molar-refractivity contribution is -0.192. The summed E-state index contributed by atoms with van der Waals surface area (Å²) in [4.78, 5) is 36.3. The van der Waals surface area contributed by atoms with E-state index in [0.717, 1.165) is 37.1 Å². The van der Waals surface area contributed by atoms with Gasteiger partial charge in [0, 0.05) is 25.2 Å². The second-order valence-electron chi connectivity index (χ2n) is 7.06. The molecule has 1 aliphatic rings. The summed E-state index contributed by atoms with van der Waals surface area (Å²) in [6, 6.07) is 15.9. The van der Waals surface area contributed by atoms with Gasteiger partial charge in [-0.25, -0.2) is 4.79 Å². The van der Waals surface area contributed by atoms with Gasteiger partial charge in [-0.3, -0.25) is 9.59 Å². The number of amides is 2. The maximum atomic E-state index is 12.9. The molecular weight excluding hydrogens is 427 g/mol. The third-order valence-corrected chi connectivity index (χ3v) is 4.74. The van der Waals surface area contributed by atoms with Crippen molar-refractivity contribution in [1.29, 1.82) is 0 Å². The number of carbonyl (C=O) groups excluding carboxylic acids is 2. The van der Waals surface area contributed by atoms with Gasteiger partial charge >= 0.3 is 12.1 Å². The van der Waals surface area contributed by atoms with Crippen LogP contribution in [0.25, 0.3) is 0 Å². The minimum absolute atomic E-state index is 0.0490. The average Bonchev–Trinajstić information content (AvgIpc) is 3.32. The van der Waals surface area contributed by atoms with Crippen LogP contribution < -0.4 is 11.1 Å². The molecule has 172 valence electrons. The Morgan fingerprint density at radius 1 is 1.03 bits per heavy atom. The molecule has 1 atom stereocenters. The lowest BCUT2D eigenvalue weighted by atomic mass is 10.0. The summed E-state index contributed by atoms with van der Waals surface area (Å²) < 4.78 is 31.7. The number of likely N-dealkylation sites (tertiary alicyclic amines) is 1. The largest absolute Gasteiger partial charge is 0.490 e. The maximum absolute atomic E-state index is 12.9. The number of benzene rings is 2. The van der Waals surface area contributed by atoms with Gasteiger partial charge in [0.05, 0.1) is 0 Å². The average molecular weight is 451 g/mol. The van der Waals surface area contributed by atoms with Crippen LogP contribution in [0.1, 0.15) is 40.4 Å². The van der Waals surface area contributed by atoms with Crippen LogP contribution in [-0.4, -0.2) is 47.1 Å². The Hall–Kier alpha value is -3.40. The molecule has 10 heteroatoms. The summed E-state index contributed by atoms with van der Waals surface area (Å²) in [6.45, 7) is 1.87. The van der Waals surface area contributed by atoms with Gasteiger partial charge in [-0.05, 0) is 36.1 Å². The number of halogens is 3. The maximum Gasteiger partial charge on any atom is 0.490 e. The van der Waals surface area contributed by atoms with Crippen molar-refractivity contribution >= 4 is 17.8 Å². The molecule has 7 nitrogen and oxygen atoms in total. The highest BCUT2D eigenvalue weighted by atomic mass is 19.4. The molecule has 2 aromatic rings. The Bertz CT molecular complexity index is 930. The number of hydrogen-bond acceptors (Lipinski definition) is 4. The summed E-state index contributed by atoms with van der Waals surface area (Å²) in [5, 5.41) is 10.0. The first-order chi connectivity index (χ1) is 15.1. The van der Waals surface area contributed by atoms with Crippen LogP contribution in [0.5, 0.6) is 0 Å². The fraction of sp³-hybridized carbons (Fsp3) is 0.318. The number of rotatable bonds is 5. The monoisotopic (exact) mass is 451 g/mol. The number of hydrogen-bond donors (Lipinski definition) is 3. The van der Waals surface area contributed by atoms with Crippen molar-refractivity contribution in [2.24, 2.45) is 5.73 Å². The molecule has 0 radical (unpaired) electrons. The van der Waals surface area contributed by atoms with Gasteiger partial charge in [-0.15, -0.1) is 0 Å². The van der Waals surface area contributed by atoms with Gasteiger partial charge in [0.2, 0.25) is 5.91 Å². The van der Waals surface area contributed by atoms with Gasteiger partial charge < -0.3 is 21.1 Å². The van der Waals surface area contributed by atoms with E-state index in [4.69, 9.17) is 15.6 Å². The molecule has 2 amide bonds. The standard InChI is InChI=1S/C20H23N3O2.C2HF3O2/c21-14-15-7-6-10-17(13-15)19(24)22-18(16-8-2-1-3-9-16)20(25)23-11-4-5-12-23;3-2(4,5)1(6)7/h1-3,6-10,13,18H,4-5,11-12,14,21H2,(H,22,24);(H,6,7)/t18-;/m1./s1. The van der Waals surface area contributed by atoms with Crippen molar-refractivity contribution in [3.63, 3.8) is 0 Å². The van der Waals surface area contributed by atoms with E-state index < -0.39 is 18.2 Å². The van der Waals surface area contributed by atoms with Crippen molar-refractivity contribution in [1.82, 2.24) is 10.2 Å². The quantitative estimate of drug-likeness (QED) is 0.647. The second-order valence-corrected chi connectivity index (χ2v) is 7.06. The minimum Gasteiger partial charge on any atom is -0.475 e. The Kier molecular flexibility index (Phi) is 8.77. The van der Waals surface area contributed by atoms with E-state index in [9.17, 15) is 22.8 Å². The smallest absolute Gasteiger partial charge is 0.475 e. The topological polar surface area (TPSA) is 113 Å². The number of nitrogens with one attached hydrogen (secondary N) is 1. The van der Waals surface area contributed by atoms with Crippen LogP contribution in [0.2, 0.25) is 0 Å². The molecule has 4 N–H and O–H groups in total. The number of carboxylic acids is 1. The van der Waals surface area contributed by atoms with E-state index >= 15 is 0 Å². The zero-order valence-electron chi connectivity index (χ0n) is 17.1. The molecule has 1 heterocycles. The first-order valence-corrected chi connectivity index (χ1v) is 9.87. The molecule has 0 aromatic heterocycles. The number of nitrogens with two attached hydrogens (primary N) is 1. The molecule has 0 aliphatic carbocycles. The highest BCUT2D eigenvalue weighted by Gasteiger charge is 2.38. The van der Waals surface area contributed by atoms with Crippen LogP contribution in [-0.2, 0) is 16.1 Å². The third-order valence-electron chi connectivity index (χ3n) is 4.74. The lowest BCUT2D eigenvalue weighted by Crippen LogP contribution is -2.41. The summed E-state index contributed by atoms with van der Waals surface area (Å²) >= 11 is 0. The van der Waals surface area contributed by atoms with Crippen molar-refractivity contribution in [2.45, 2.75) is 31.6 Å². The number of aliphatic carboxylic acids is 1. The third kappa shape index (κ3) is 7.09. The Labute approximate surface area is 183 Å². The number of nitrogens with zero attached hydrogens (tertiary/aromatic N) is 1. The second kappa shape index (κ2) is 11.3. The van der Waals surface area contributed by atoms with Gasteiger partial charge in [0.25, 0.3) is 5.91 Å². The Morgan fingerprint density at radius 2 is 1.62 bits per heavy atom. The van der Waals surface area contributed by atoms with Gasteiger partial charge in [-0.2, -0.15) is 13.2 Å². The van der Waals surface area contributed by atoms with E-state index in [1.54, 1.807) is 18.2 Å². The summed E-state index contributed by atoms with van der Waals surface area (Å²) in [6.07, 6.45) is -3.06. The van der Waals surface area contributed by atoms with Crippen LogP contribution in [0.15, 0.2) is 54.6 Å². The number of carboxylic acid groups (broad SMARTS) is 1. The molecule has 0 saturated carbocycles. The van der Waals surface area contributed by atoms with Crippen molar-refractivity contribution < 1.29 is 32.7 Å². The van der Waals surface area contributed by atoms with E-state index in [2.05, 4.69) is 5.32 Å². The van der Waals surface area contributed by atoms with E-state index in [1.165, 1.54) is 0 Å². The predicted octanol–water partition coefficient (Wildman–Crippen LogP) is 2.87. The van der Waals surface area contributed by atoms with Gasteiger partial charge in [0.15, 0.2) is 0 Å². The fourth-order valence-corrected chi connectivity index (χ4v) is 3.11. The molecule has 0 unspecified atom stereocenters. The number of carbonyl (C=O) groups is 3. The predicted molar refractivity (Wildman–Crippen MR) is 110 cm³/mol. The fourth-order valence-electron chi connectivity index (χ4n) is 3.11.